The fourth-order valence-electron chi connectivity index (χ4n) is 4.85. The maximum atomic E-state index is 6.28. The molecule has 1 aliphatic carbocycles. The van der Waals surface area contributed by atoms with Crippen LogP contribution < -0.4 is 5.73 Å². The van der Waals surface area contributed by atoms with Gasteiger partial charge in [0.1, 0.15) is 0 Å². The number of hydrogen-bond acceptors (Lipinski definition) is 4. The molecule has 1 saturated carbocycles. The zero-order valence-electron chi connectivity index (χ0n) is 13.0. The molecule has 2 saturated heterocycles. The Morgan fingerprint density at radius 2 is 1.85 bits per heavy atom. The summed E-state index contributed by atoms with van der Waals surface area (Å²) in [6, 6.07) is 0.582. The predicted octanol–water partition coefficient (Wildman–Crippen LogP) is 1.91. The topological polar surface area (TPSA) is 47.7 Å². The quantitative estimate of drug-likeness (QED) is 0.840. The summed E-state index contributed by atoms with van der Waals surface area (Å²) >= 11 is 0. The van der Waals surface area contributed by atoms with Gasteiger partial charge in [0, 0.05) is 24.7 Å². The monoisotopic (exact) mass is 282 g/mol. The Morgan fingerprint density at radius 1 is 1.15 bits per heavy atom. The number of nitrogens with zero attached hydrogens (tertiary/aromatic N) is 1. The maximum Gasteiger partial charge on any atom is 0.0731 e. The molecule has 4 heteroatoms. The van der Waals surface area contributed by atoms with Crippen LogP contribution in [0.2, 0.25) is 0 Å². The Labute approximate surface area is 123 Å². The molecule has 4 unspecified atom stereocenters. The van der Waals surface area contributed by atoms with Crippen molar-refractivity contribution < 1.29 is 9.47 Å². The molecule has 20 heavy (non-hydrogen) atoms. The van der Waals surface area contributed by atoms with E-state index in [1.165, 1.54) is 25.7 Å². The zero-order valence-corrected chi connectivity index (χ0v) is 13.0. The average molecular weight is 282 g/mol. The molecule has 0 bridgehead atoms. The Hall–Kier alpha value is -0.160. The Kier molecular flexibility index (Phi) is 4.37. The van der Waals surface area contributed by atoms with Crippen LogP contribution in [0.5, 0.6) is 0 Å². The van der Waals surface area contributed by atoms with Gasteiger partial charge in [-0.25, -0.2) is 0 Å². The van der Waals surface area contributed by atoms with Crippen molar-refractivity contribution in [3.8, 4) is 0 Å². The van der Waals surface area contributed by atoms with Gasteiger partial charge >= 0.3 is 0 Å². The average Bonchev–Trinajstić information content (AvgIpc) is 2.45. The molecule has 3 rings (SSSR count). The summed E-state index contributed by atoms with van der Waals surface area (Å²) < 4.78 is 12.0. The van der Waals surface area contributed by atoms with Gasteiger partial charge in [0.2, 0.25) is 0 Å². The summed E-state index contributed by atoms with van der Waals surface area (Å²) in [5.74, 6) is 0. The SMILES string of the molecule is CC1CC(CN)(N2CCOC3CCCCC32)CC(C)O1. The number of hydrogen-bond donors (Lipinski definition) is 1. The van der Waals surface area contributed by atoms with Gasteiger partial charge in [-0.2, -0.15) is 0 Å². The molecule has 116 valence electrons. The van der Waals surface area contributed by atoms with E-state index in [4.69, 9.17) is 15.2 Å². The van der Waals surface area contributed by atoms with Crippen molar-refractivity contribution in [1.29, 1.82) is 0 Å². The minimum absolute atomic E-state index is 0.126. The third-order valence-corrected chi connectivity index (χ3v) is 5.52. The lowest BCUT2D eigenvalue weighted by molar-refractivity contribution is -0.166. The van der Waals surface area contributed by atoms with E-state index in [9.17, 15) is 0 Å². The van der Waals surface area contributed by atoms with E-state index in [1.54, 1.807) is 0 Å². The van der Waals surface area contributed by atoms with Crippen molar-refractivity contribution in [3.63, 3.8) is 0 Å². The molecule has 4 atom stereocenters. The molecule has 2 aliphatic heterocycles. The molecule has 0 amide bonds. The molecule has 0 aromatic rings. The number of nitrogens with two attached hydrogens (primary N) is 1. The van der Waals surface area contributed by atoms with Crippen LogP contribution >= 0.6 is 0 Å². The molecule has 2 heterocycles. The van der Waals surface area contributed by atoms with Crippen LogP contribution in [-0.2, 0) is 9.47 Å². The first kappa shape index (κ1) is 14.8. The summed E-state index contributed by atoms with van der Waals surface area (Å²) in [6.07, 6.45) is 8.35. The molecule has 0 aromatic heterocycles. The summed E-state index contributed by atoms with van der Waals surface area (Å²) in [6.45, 7) is 7.04. The second kappa shape index (κ2) is 5.91. The van der Waals surface area contributed by atoms with Crippen molar-refractivity contribution in [2.24, 2.45) is 5.73 Å². The second-order valence-electron chi connectivity index (χ2n) is 7.05. The highest BCUT2D eigenvalue weighted by Gasteiger charge is 2.48. The standard InChI is InChI=1S/C16H30N2O2/c1-12-9-16(11-17,10-13(2)20-12)18-7-8-19-15-6-4-3-5-14(15)18/h12-15H,3-11,17H2,1-2H3. The van der Waals surface area contributed by atoms with Gasteiger partial charge in [-0.15, -0.1) is 0 Å². The molecule has 0 aromatic carbocycles. The van der Waals surface area contributed by atoms with Gasteiger partial charge in [0.25, 0.3) is 0 Å². The molecular weight excluding hydrogens is 252 g/mol. The molecular formula is C16H30N2O2. The first-order valence-corrected chi connectivity index (χ1v) is 8.38. The van der Waals surface area contributed by atoms with E-state index in [0.717, 1.165) is 32.5 Å². The minimum Gasteiger partial charge on any atom is -0.375 e. The first-order valence-electron chi connectivity index (χ1n) is 8.38. The molecule has 0 radical (unpaired) electrons. The number of ether oxygens (including phenoxy) is 2. The maximum absolute atomic E-state index is 6.28. The van der Waals surface area contributed by atoms with Crippen molar-refractivity contribution in [2.45, 2.75) is 82.3 Å². The van der Waals surface area contributed by atoms with Gasteiger partial charge in [-0.3, -0.25) is 4.90 Å². The normalized spacial score (nSPS) is 47.0. The molecule has 3 fully saturated rings. The third kappa shape index (κ3) is 2.63. The lowest BCUT2D eigenvalue weighted by Crippen LogP contribution is -2.67. The highest BCUT2D eigenvalue weighted by molar-refractivity contribution is 5.03. The van der Waals surface area contributed by atoms with Crippen molar-refractivity contribution >= 4 is 0 Å². The van der Waals surface area contributed by atoms with Crippen molar-refractivity contribution in [2.75, 3.05) is 19.7 Å². The highest BCUT2D eigenvalue weighted by Crippen LogP contribution is 2.39. The van der Waals surface area contributed by atoms with E-state index in [0.29, 0.717) is 24.4 Å². The van der Waals surface area contributed by atoms with Gasteiger partial charge in [-0.1, -0.05) is 12.8 Å². The van der Waals surface area contributed by atoms with Crippen LogP contribution in [0.25, 0.3) is 0 Å². The van der Waals surface area contributed by atoms with Crippen LogP contribution in [-0.4, -0.2) is 54.5 Å². The van der Waals surface area contributed by atoms with Crippen molar-refractivity contribution in [3.05, 3.63) is 0 Å². The Morgan fingerprint density at radius 3 is 2.55 bits per heavy atom. The lowest BCUT2D eigenvalue weighted by Gasteiger charge is -2.56. The summed E-state index contributed by atoms with van der Waals surface area (Å²) in [5.41, 5.74) is 6.40. The molecule has 0 spiro atoms. The molecule has 4 nitrogen and oxygen atoms in total. The van der Waals surface area contributed by atoms with E-state index < -0.39 is 0 Å². The summed E-state index contributed by atoms with van der Waals surface area (Å²) in [7, 11) is 0. The first-order chi connectivity index (χ1) is 9.64. The number of morpholine rings is 1. The van der Waals surface area contributed by atoms with E-state index in [1.807, 2.05) is 0 Å². The smallest absolute Gasteiger partial charge is 0.0731 e. The minimum atomic E-state index is 0.126. The number of rotatable bonds is 2. The summed E-state index contributed by atoms with van der Waals surface area (Å²) in [5, 5.41) is 0. The fraction of sp³-hybridized carbons (Fsp3) is 1.00. The Bertz CT molecular complexity index is 324. The number of fused-ring (bicyclic) bond motifs is 1. The van der Waals surface area contributed by atoms with E-state index in [-0.39, 0.29) is 5.54 Å². The predicted molar refractivity (Wildman–Crippen MR) is 79.7 cm³/mol. The van der Waals surface area contributed by atoms with E-state index in [2.05, 4.69) is 18.7 Å². The van der Waals surface area contributed by atoms with Crippen LogP contribution in [0.4, 0.5) is 0 Å². The van der Waals surface area contributed by atoms with E-state index >= 15 is 0 Å². The second-order valence-corrected chi connectivity index (χ2v) is 7.05. The summed E-state index contributed by atoms with van der Waals surface area (Å²) in [4.78, 5) is 2.72. The fourth-order valence-corrected chi connectivity index (χ4v) is 4.85. The van der Waals surface area contributed by atoms with Gasteiger partial charge in [-0.05, 0) is 39.5 Å². The van der Waals surface area contributed by atoms with Crippen LogP contribution in [0, 0.1) is 0 Å². The highest BCUT2D eigenvalue weighted by atomic mass is 16.5. The zero-order chi connectivity index (χ0) is 14.2. The third-order valence-electron chi connectivity index (χ3n) is 5.52. The van der Waals surface area contributed by atoms with Crippen LogP contribution in [0.15, 0.2) is 0 Å². The van der Waals surface area contributed by atoms with Crippen molar-refractivity contribution in [1.82, 2.24) is 4.90 Å². The Balaban J connectivity index is 1.83. The van der Waals surface area contributed by atoms with Crippen LogP contribution in [0.3, 0.4) is 0 Å². The van der Waals surface area contributed by atoms with Crippen LogP contribution in [0.1, 0.15) is 52.4 Å². The lowest BCUT2D eigenvalue weighted by atomic mass is 9.78. The van der Waals surface area contributed by atoms with Gasteiger partial charge < -0.3 is 15.2 Å². The van der Waals surface area contributed by atoms with Gasteiger partial charge in [0.05, 0.1) is 24.9 Å². The van der Waals surface area contributed by atoms with Gasteiger partial charge in [0.15, 0.2) is 0 Å². The molecule has 3 aliphatic rings. The molecule has 2 N–H and O–H groups in total. The largest absolute Gasteiger partial charge is 0.375 e.